The van der Waals surface area contributed by atoms with Crippen molar-refractivity contribution in [3.8, 4) is 11.7 Å². The Balaban J connectivity index is 0.00000132. The molecule has 0 radical (unpaired) electrons. The highest BCUT2D eigenvalue weighted by Crippen LogP contribution is 2.23. The minimum atomic E-state index is 0. The van der Waals surface area contributed by atoms with Gasteiger partial charge in [0.25, 0.3) is 5.89 Å². The second-order valence-electron chi connectivity index (χ2n) is 5.29. The van der Waals surface area contributed by atoms with Crippen LogP contribution in [0.2, 0.25) is 0 Å². The summed E-state index contributed by atoms with van der Waals surface area (Å²) in [4.78, 5) is 18.6. The summed E-state index contributed by atoms with van der Waals surface area (Å²) in [6.45, 7) is 3.11. The summed E-state index contributed by atoms with van der Waals surface area (Å²) in [5.74, 6) is 1.69. The zero-order valence-corrected chi connectivity index (χ0v) is 14.5. The molecule has 0 bridgehead atoms. The maximum atomic E-state index is 12.4. The fraction of sp³-hybridized carbons (Fsp3) is 0.467. The van der Waals surface area contributed by atoms with Crippen LogP contribution in [0.15, 0.2) is 27.2 Å². The van der Waals surface area contributed by atoms with E-state index in [2.05, 4.69) is 4.98 Å². The molecule has 6 nitrogen and oxygen atoms in total. The number of furan rings is 1. The van der Waals surface area contributed by atoms with Crippen LogP contribution in [0.1, 0.15) is 24.3 Å². The highest BCUT2D eigenvalue weighted by Gasteiger charge is 2.28. The number of hydrogen-bond acceptors (Lipinski definition) is 5. The summed E-state index contributed by atoms with van der Waals surface area (Å²) in [5, 5.41) is 0. The SMILES string of the molecule is Cc1oc(-c2ccco2)nc1CC(=O)N1CCCC1CN.Cl.Cl. The molecule has 128 valence electrons. The van der Waals surface area contributed by atoms with E-state index in [1.54, 1.807) is 18.4 Å². The van der Waals surface area contributed by atoms with Crippen LogP contribution in [0.4, 0.5) is 0 Å². The Morgan fingerprint density at radius 1 is 1.48 bits per heavy atom. The second kappa shape index (κ2) is 8.38. The lowest BCUT2D eigenvalue weighted by molar-refractivity contribution is -0.131. The molecule has 0 saturated carbocycles. The quantitative estimate of drug-likeness (QED) is 0.904. The number of halogens is 2. The van der Waals surface area contributed by atoms with Crippen molar-refractivity contribution in [1.82, 2.24) is 9.88 Å². The Labute approximate surface area is 147 Å². The Bertz CT molecular complexity index is 628. The minimum absolute atomic E-state index is 0. The molecule has 0 aliphatic carbocycles. The molecule has 3 heterocycles. The number of rotatable bonds is 4. The van der Waals surface area contributed by atoms with Crippen molar-refractivity contribution in [3.63, 3.8) is 0 Å². The standard InChI is InChI=1S/C15H19N3O3.2ClH/c1-10-12(17-15(21-10)13-5-3-7-20-13)8-14(19)18-6-2-4-11(18)9-16;;/h3,5,7,11H,2,4,6,8-9,16H2,1H3;2*1H. The van der Waals surface area contributed by atoms with Crippen LogP contribution in [0.25, 0.3) is 11.7 Å². The van der Waals surface area contributed by atoms with Gasteiger partial charge in [0.05, 0.1) is 18.4 Å². The summed E-state index contributed by atoms with van der Waals surface area (Å²) in [6.07, 6.45) is 3.81. The Morgan fingerprint density at radius 3 is 2.91 bits per heavy atom. The van der Waals surface area contributed by atoms with Crippen molar-refractivity contribution < 1.29 is 13.6 Å². The van der Waals surface area contributed by atoms with Gasteiger partial charge in [0.1, 0.15) is 5.76 Å². The van der Waals surface area contributed by atoms with Crippen molar-refractivity contribution in [2.75, 3.05) is 13.1 Å². The molecule has 1 amide bonds. The molecule has 1 atom stereocenters. The number of hydrogen-bond donors (Lipinski definition) is 1. The summed E-state index contributed by atoms with van der Waals surface area (Å²) in [5.41, 5.74) is 6.37. The normalized spacial score (nSPS) is 16.8. The summed E-state index contributed by atoms with van der Waals surface area (Å²) in [7, 11) is 0. The van der Waals surface area contributed by atoms with Crippen LogP contribution < -0.4 is 5.73 Å². The van der Waals surface area contributed by atoms with Crippen LogP contribution >= 0.6 is 24.8 Å². The van der Waals surface area contributed by atoms with Crippen molar-refractivity contribution in [2.24, 2.45) is 5.73 Å². The Kier molecular flexibility index (Phi) is 7.12. The van der Waals surface area contributed by atoms with E-state index in [0.717, 1.165) is 19.4 Å². The lowest BCUT2D eigenvalue weighted by Gasteiger charge is -2.23. The predicted octanol–water partition coefficient (Wildman–Crippen LogP) is 2.58. The van der Waals surface area contributed by atoms with Gasteiger partial charge in [-0.05, 0) is 31.9 Å². The van der Waals surface area contributed by atoms with Crippen LogP contribution in [-0.4, -0.2) is 34.9 Å². The lowest BCUT2D eigenvalue weighted by Crippen LogP contribution is -2.40. The molecule has 23 heavy (non-hydrogen) atoms. The first kappa shape index (κ1) is 19.5. The second-order valence-corrected chi connectivity index (χ2v) is 5.29. The van der Waals surface area contributed by atoms with Crippen LogP contribution in [0, 0.1) is 6.92 Å². The zero-order valence-electron chi connectivity index (χ0n) is 12.9. The van der Waals surface area contributed by atoms with Crippen molar-refractivity contribution in [1.29, 1.82) is 0 Å². The van der Waals surface area contributed by atoms with E-state index in [9.17, 15) is 4.79 Å². The van der Waals surface area contributed by atoms with Crippen LogP contribution in [-0.2, 0) is 11.2 Å². The largest absolute Gasteiger partial charge is 0.459 e. The van der Waals surface area contributed by atoms with Gasteiger partial charge in [-0.1, -0.05) is 0 Å². The minimum Gasteiger partial charge on any atom is -0.459 e. The molecule has 1 unspecified atom stereocenters. The molecule has 1 saturated heterocycles. The molecule has 1 aliphatic heterocycles. The number of amides is 1. The van der Waals surface area contributed by atoms with Gasteiger partial charge >= 0.3 is 0 Å². The Hall–Kier alpha value is -1.50. The summed E-state index contributed by atoms with van der Waals surface area (Å²) in [6, 6.07) is 3.71. The monoisotopic (exact) mass is 361 g/mol. The maximum Gasteiger partial charge on any atom is 0.263 e. The number of aryl methyl sites for hydroxylation is 1. The van der Waals surface area contributed by atoms with Crippen LogP contribution in [0.3, 0.4) is 0 Å². The van der Waals surface area contributed by atoms with Gasteiger partial charge in [-0.15, -0.1) is 24.8 Å². The van der Waals surface area contributed by atoms with Gasteiger partial charge in [-0.3, -0.25) is 4.79 Å². The highest BCUT2D eigenvalue weighted by molar-refractivity contribution is 5.85. The maximum absolute atomic E-state index is 12.4. The third kappa shape index (κ3) is 4.07. The van der Waals surface area contributed by atoms with E-state index in [0.29, 0.717) is 29.6 Å². The molecule has 8 heteroatoms. The molecule has 0 aromatic carbocycles. The topological polar surface area (TPSA) is 85.5 Å². The van der Waals surface area contributed by atoms with Gasteiger partial charge in [-0.25, -0.2) is 4.98 Å². The summed E-state index contributed by atoms with van der Waals surface area (Å²) >= 11 is 0. The first-order valence-corrected chi connectivity index (χ1v) is 7.18. The molecule has 1 fully saturated rings. The number of nitrogens with zero attached hydrogens (tertiary/aromatic N) is 2. The first-order chi connectivity index (χ1) is 10.2. The number of nitrogens with two attached hydrogens (primary N) is 1. The fourth-order valence-electron chi connectivity index (χ4n) is 2.75. The van der Waals surface area contributed by atoms with Gasteiger partial charge in [0.2, 0.25) is 5.91 Å². The predicted molar refractivity (Wildman–Crippen MR) is 90.9 cm³/mol. The number of oxazole rings is 1. The molecule has 3 rings (SSSR count). The fourth-order valence-corrected chi connectivity index (χ4v) is 2.75. The van der Waals surface area contributed by atoms with E-state index >= 15 is 0 Å². The van der Waals surface area contributed by atoms with Crippen molar-refractivity contribution in [3.05, 3.63) is 29.9 Å². The average Bonchev–Trinajstić information content (AvgIpc) is 3.18. The lowest BCUT2D eigenvalue weighted by atomic mass is 10.2. The number of aromatic nitrogens is 1. The average molecular weight is 362 g/mol. The summed E-state index contributed by atoms with van der Waals surface area (Å²) < 4.78 is 10.8. The molecule has 2 aromatic heterocycles. The van der Waals surface area contributed by atoms with E-state index in [1.165, 1.54) is 0 Å². The molecule has 0 spiro atoms. The smallest absolute Gasteiger partial charge is 0.263 e. The number of carbonyl (C=O) groups is 1. The molecular formula is C15H21Cl2N3O3. The van der Waals surface area contributed by atoms with E-state index in [1.807, 2.05) is 11.8 Å². The van der Waals surface area contributed by atoms with E-state index in [4.69, 9.17) is 14.6 Å². The van der Waals surface area contributed by atoms with E-state index in [-0.39, 0.29) is 43.2 Å². The van der Waals surface area contributed by atoms with Crippen LogP contribution in [0.5, 0.6) is 0 Å². The van der Waals surface area contributed by atoms with Gasteiger partial charge < -0.3 is 19.5 Å². The molecular weight excluding hydrogens is 341 g/mol. The Morgan fingerprint density at radius 2 is 2.26 bits per heavy atom. The third-order valence-electron chi connectivity index (χ3n) is 3.91. The molecule has 2 aromatic rings. The van der Waals surface area contributed by atoms with E-state index < -0.39 is 0 Å². The van der Waals surface area contributed by atoms with Gasteiger partial charge in [0.15, 0.2) is 5.76 Å². The number of carbonyl (C=O) groups excluding carboxylic acids is 1. The molecule has 2 N–H and O–H groups in total. The number of likely N-dealkylation sites (tertiary alicyclic amines) is 1. The van der Waals surface area contributed by atoms with Crippen molar-refractivity contribution in [2.45, 2.75) is 32.2 Å². The highest BCUT2D eigenvalue weighted by atomic mass is 35.5. The molecule has 1 aliphatic rings. The van der Waals surface area contributed by atoms with Gasteiger partial charge in [-0.2, -0.15) is 0 Å². The van der Waals surface area contributed by atoms with Gasteiger partial charge in [0, 0.05) is 19.1 Å². The first-order valence-electron chi connectivity index (χ1n) is 7.18. The third-order valence-corrected chi connectivity index (χ3v) is 3.91. The van der Waals surface area contributed by atoms with Crippen molar-refractivity contribution >= 4 is 30.7 Å². The zero-order chi connectivity index (χ0) is 14.8.